The maximum Gasteiger partial charge on any atom is 0.313 e. The standard InChI is InChI=1S/C15H21N3O3S/c1-10-16-12(7-22-10)5-13(19)18-6-11-3-4-17(2)8-15(11,9-18)14(20)21/h7,11H,3-6,8-9H2,1-2H3,(H,20,21)/t11-,15-/m1/s1. The van der Waals surface area contributed by atoms with E-state index in [2.05, 4.69) is 9.88 Å². The SMILES string of the molecule is Cc1nc(CC(=O)N2C[C@H]3CCN(C)C[C@@]3(C(=O)O)C2)cs1. The van der Waals surface area contributed by atoms with Crippen molar-refractivity contribution in [3.8, 4) is 0 Å². The summed E-state index contributed by atoms with van der Waals surface area (Å²) in [5.74, 6) is -0.728. The molecule has 6 nitrogen and oxygen atoms in total. The summed E-state index contributed by atoms with van der Waals surface area (Å²) < 4.78 is 0. The Morgan fingerprint density at radius 3 is 2.91 bits per heavy atom. The van der Waals surface area contributed by atoms with Gasteiger partial charge in [-0.25, -0.2) is 4.98 Å². The van der Waals surface area contributed by atoms with Crippen molar-refractivity contribution >= 4 is 23.2 Å². The van der Waals surface area contributed by atoms with E-state index in [9.17, 15) is 14.7 Å². The van der Waals surface area contributed by atoms with E-state index in [0.717, 1.165) is 23.7 Å². The highest BCUT2D eigenvalue weighted by Gasteiger charge is 2.55. The number of thiazole rings is 1. The lowest BCUT2D eigenvalue weighted by molar-refractivity contribution is -0.154. The van der Waals surface area contributed by atoms with Gasteiger partial charge in [-0.1, -0.05) is 0 Å². The molecule has 2 atom stereocenters. The molecule has 1 aromatic rings. The van der Waals surface area contributed by atoms with E-state index in [1.807, 2.05) is 19.4 Å². The molecule has 0 spiro atoms. The summed E-state index contributed by atoms with van der Waals surface area (Å²) in [6, 6.07) is 0. The molecule has 0 bridgehead atoms. The molecule has 2 saturated heterocycles. The van der Waals surface area contributed by atoms with Gasteiger partial charge in [-0.05, 0) is 32.9 Å². The minimum atomic E-state index is -0.805. The van der Waals surface area contributed by atoms with Crippen molar-refractivity contribution in [2.75, 3.05) is 33.2 Å². The van der Waals surface area contributed by atoms with Gasteiger partial charge in [-0.2, -0.15) is 0 Å². The van der Waals surface area contributed by atoms with Gasteiger partial charge in [-0.15, -0.1) is 11.3 Å². The van der Waals surface area contributed by atoms with Gasteiger partial charge in [0.2, 0.25) is 5.91 Å². The van der Waals surface area contributed by atoms with E-state index in [0.29, 0.717) is 19.6 Å². The Hall–Kier alpha value is -1.47. The number of nitrogens with zero attached hydrogens (tertiary/aromatic N) is 3. The van der Waals surface area contributed by atoms with E-state index in [-0.39, 0.29) is 18.2 Å². The third-order valence-electron chi connectivity index (χ3n) is 4.88. The first-order chi connectivity index (χ1) is 10.4. The van der Waals surface area contributed by atoms with Crippen molar-refractivity contribution in [3.05, 3.63) is 16.1 Å². The molecule has 0 aliphatic carbocycles. The molecule has 2 fully saturated rings. The zero-order valence-corrected chi connectivity index (χ0v) is 13.7. The summed E-state index contributed by atoms with van der Waals surface area (Å²) in [4.78, 5) is 32.5. The number of aliphatic carboxylic acids is 1. The average Bonchev–Trinajstić information content (AvgIpc) is 3.02. The van der Waals surface area contributed by atoms with Crippen LogP contribution in [0.2, 0.25) is 0 Å². The van der Waals surface area contributed by atoms with Crippen LogP contribution in [0.3, 0.4) is 0 Å². The van der Waals surface area contributed by atoms with Gasteiger partial charge in [0.15, 0.2) is 0 Å². The van der Waals surface area contributed by atoms with Crippen molar-refractivity contribution < 1.29 is 14.7 Å². The monoisotopic (exact) mass is 323 g/mol. The van der Waals surface area contributed by atoms with Crippen LogP contribution in [0, 0.1) is 18.3 Å². The molecule has 120 valence electrons. The number of fused-ring (bicyclic) bond motifs is 1. The van der Waals surface area contributed by atoms with E-state index >= 15 is 0 Å². The third-order valence-corrected chi connectivity index (χ3v) is 5.71. The Morgan fingerprint density at radius 1 is 1.50 bits per heavy atom. The Balaban J connectivity index is 1.74. The largest absolute Gasteiger partial charge is 0.481 e. The number of piperidine rings is 1. The highest BCUT2D eigenvalue weighted by atomic mass is 32.1. The number of carboxylic acid groups (broad SMARTS) is 1. The number of aryl methyl sites for hydroxylation is 1. The predicted molar refractivity (Wildman–Crippen MR) is 82.8 cm³/mol. The van der Waals surface area contributed by atoms with Gasteiger partial charge in [0.1, 0.15) is 5.41 Å². The van der Waals surface area contributed by atoms with Crippen molar-refractivity contribution in [1.29, 1.82) is 0 Å². The summed E-state index contributed by atoms with van der Waals surface area (Å²) in [6.45, 7) is 4.21. The maximum atomic E-state index is 12.5. The Kier molecular flexibility index (Phi) is 3.94. The summed E-state index contributed by atoms with van der Waals surface area (Å²) in [7, 11) is 1.95. The number of carboxylic acids is 1. The number of carbonyl (C=O) groups is 2. The van der Waals surface area contributed by atoms with Crippen LogP contribution < -0.4 is 0 Å². The van der Waals surface area contributed by atoms with Crippen LogP contribution in [0.25, 0.3) is 0 Å². The number of hydrogen-bond donors (Lipinski definition) is 1. The highest BCUT2D eigenvalue weighted by Crippen LogP contribution is 2.42. The fourth-order valence-corrected chi connectivity index (χ4v) is 4.33. The van der Waals surface area contributed by atoms with Gasteiger partial charge in [0, 0.05) is 25.0 Å². The van der Waals surface area contributed by atoms with Crippen LogP contribution >= 0.6 is 11.3 Å². The lowest BCUT2D eigenvalue weighted by atomic mass is 9.73. The lowest BCUT2D eigenvalue weighted by Gasteiger charge is -2.39. The van der Waals surface area contributed by atoms with Crippen molar-refractivity contribution in [2.24, 2.45) is 11.3 Å². The first-order valence-electron chi connectivity index (χ1n) is 7.51. The van der Waals surface area contributed by atoms with Gasteiger partial charge in [0.05, 0.1) is 17.1 Å². The number of likely N-dealkylation sites (tertiary alicyclic amines) is 2. The minimum Gasteiger partial charge on any atom is -0.481 e. The predicted octanol–water partition coefficient (Wildman–Crippen LogP) is 0.859. The van der Waals surface area contributed by atoms with E-state index in [1.54, 1.807) is 4.90 Å². The maximum absolute atomic E-state index is 12.5. The number of aromatic nitrogens is 1. The fraction of sp³-hybridized carbons (Fsp3) is 0.667. The van der Waals surface area contributed by atoms with Crippen LogP contribution in [-0.4, -0.2) is 65.0 Å². The molecule has 0 unspecified atom stereocenters. The molecule has 0 radical (unpaired) electrons. The molecule has 1 amide bonds. The molecular weight excluding hydrogens is 302 g/mol. The highest BCUT2D eigenvalue weighted by molar-refractivity contribution is 7.09. The van der Waals surface area contributed by atoms with Crippen molar-refractivity contribution in [1.82, 2.24) is 14.8 Å². The number of carbonyl (C=O) groups excluding carboxylic acids is 1. The van der Waals surface area contributed by atoms with Gasteiger partial charge >= 0.3 is 5.97 Å². The number of hydrogen-bond acceptors (Lipinski definition) is 5. The van der Waals surface area contributed by atoms with Crippen LogP contribution in [0.5, 0.6) is 0 Å². The van der Waals surface area contributed by atoms with E-state index in [1.165, 1.54) is 11.3 Å². The second kappa shape index (κ2) is 5.62. The fourth-order valence-electron chi connectivity index (χ4n) is 3.71. The third kappa shape index (κ3) is 2.63. The normalized spacial score (nSPS) is 28.6. The van der Waals surface area contributed by atoms with Crippen molar-refractivity contribution in [2.45, 2.75) is 19.8 Å². The Labute approximate surface area is 133 Å². The van der Waals surface area contributed by atoms with Crippen LogP contribution in [0.15, 0.2) is 5.38 Å². The first-order valence-corrected chi connectivity index (χ1v) is 8.39. The molecule has 3 heterocycles. The molecule has 0 aromatic carbocycles. The second-order valence-corrected chi connectivity index (χ2v) is 7.56. The van der Waals surface area contributed by atoms with Gasteiger partial charge in [-0.3, -0.25) is 9.59 Å². The molecular formula is C15H21N3O3S. The van der Waals surface area contributed by atoms with Gasteiger partial charge < -0.3 is 14.9 Å². The summed E-state index contributed by atoms with van der Waals surface area (Å²) in [5, 5.41) is 12.6. The zero-order valence-electron chi connectivity index (χ0n) is 12.9. The number of amides is 1. The van der Waals surface area contributed by atoms with Gasteiger partial charge in [0.25, 0.3) is 0 Å². The quantitative estimate of drug-likeness (QED) is 0.893. The second-order valence-electron chi connectivity index (χ2n) is 6.49. The molecule has 2 aliphatic heterocycles. The van der Waals surface area contributed by atoms with Crippen molar-refractivity contribution in [3.63, 3.8) is 0 Å². The topological polar surface area (TPSA) is 73.7 Å². The van der Waals surface area contributed by atoms with E-state index < -0.39 is 11.4 Å². The van der Waals surface area contributed by atoms with Crippen LogP contribution in [0.1, 0.15) is 17.1 Å². The number of rotatable bonds is 3. The Morgan fingerprint density at radius 2 is 2.27 bits per heavy atom. The molecule has 22 heavy (non-hydrogen) atoms. The molecule has 7 heteroatoms. The molecule has 1 N–H and O–H groups in total. The van der Waals surface area contributed by atoms with Crippen LogP contribution in [-0.2, 0) is 16.0 Å². The molecule has 0 saturated carbocycles. The summed E-state index contributed by atoms with van der Waals surface area (Å²) in [6.07, 6.45) is 1.10. The molecule has 2 aliphatic rings. The molecule has 1 aromatic heterocycles. The lowest BCUT2D eigenvalue weighted by Crippen LogP contribution is -2.52. The minimum absolute atomic E-state index is 0.0111. The molecule has 3 rings (SSSR count). The first kappa shape index (κ1) is 15.4. The van der Waals surface area contributed by atoms with E-state index in [4.69, 9.17) is 0 Å². The summed E-state index contributed by atoms with van der Waals surface area (Å²) >= 11 is 1.53. The van der Waals surface area contributed by atoms with Crippen LogP contribution in [0.4, 0.5) is 0 Å². The smallest absolute Gasteiger partial charge is 0.313 e. The Bertz CT molecular complexity index is 603. The average molecular weight is 323 g/mol. The summed E-state index contributed by atoms with van der Waals surface area (Å²) in [5.41, 5.74) is -0.0236. The zero-order chi connectivity index (χ0) is 15.9.